The number of anilines is 1. The number of nitrogens with one attached hydrogen (secondary N) is 2. The maximum absolute atomic E-state index is 13.1. The van der Waals surface area contributed by atoms with Gasteiger partial charge in [0.15, 0.2) is 0 Å². The molecule has 2 amide bonds. The number of benzene rings is 1. The van der Waals surface area contributed by atoms with Gasteiger partial charge in [-0.15, -0.1) is 17.4 Å². The van der Waals surface area contributed by atoms with Crippen LogP contribution in [0.4, 0.5) is 5.69 Å². The highest BCUT2D eigenvalue weighted by Crippen LogP contribution is 2.32. The summed E-state index contributed by atoms with van der Waals surface area (Å²) in [6, 6.07) is 6.39. The van der Waals surface area contributed by atoms with Gasteiger partial charge in [0.05, 0.1) is 24.8 Å². The second kappa shape index (κ2) is 18.4. The summed E-state index contributed by atoms with van der Waals surface area (Å²) < 4.78 is 18.4. The standard InChI is InChI=1S/C33H45N5O7/c1-5-7-8-9-10-28-30(45-32(28)41)20-27(44-33(42)29(34-22-39)19-23(3)4)16-13-25-21-38(37-36-25)18-17-31(40)35-24-11-14-26(15-12-24)43-6-2/h1,11-12,14-15,21-23,27-30H,6-10,13,16-20H2,2-4H3,(H,34,39)(H,35,40)/t27-,28-,29-,30-/m0/s1. The summed E-state index contributed by atoms with van der Waals surface area (Å²) >= 11 is 0. The second-order valence-electron chi connectivity index (χ2n) is 11.6. The molecule has 0 bridgehead atoms. The molecule has 12 nitrogen and oxygen atoms in total. The van der Waals surface area contributed by atoms with Crippen LogP contribution in [0.2, 0.25) is 0 Å². The Bertz CT molecular complexity index is 1290. The molecule has 0 unspecified atom stereocenters. The van der Waals surface area contributed by atoms with E-state index in [1.165, 1.54) is 0 Å². The van der Waals surface area contributed by atoms with Gasteiger partial charge >= 0.3 is 11.9 Å². The van der Waals surface area contributed by atoms with Crippen LogP contribution in [0.1, 0.15) is 77.8 Å². The average Bonchev–Trinajstić information content (AvgIpc) is 3.47. The number of carbonyl (C=O) groups is 4. The molecule has 1 aliphatic rings. The summed E-state index contributed by atoms with van der Waals surface area (Å²) in [7, 11) is 0. The predicted molar refractivity (Wildman–Crippen MR) is 167 cm³/mol. The molecule has 45 heavy (non-hydrogen) atoms. The Morgan fingerprint density at radius 2 is 2.00 bits per heavy atom. The molecular formula is C33H45N5O7. The first-order valence-electron chi connectivity index (χ1n) is 15.7. The van der Waals surface area contributed by atoms with Crippen molar-refractivity contribution in [3.8, 4) is 18.1 Å². The topological polar surface area (TPSA) is 151 Å². The number of hydrogen-bond donors (Lipinski definition) is 2. The van der Waals surface area contributed by atoms with E-state index < -0.39 is 18.1 Å². The lowest BCUT2D eigenvalue weighted by atomic mass is 9.86. The minimum atomic E-state index is -0.775. The summed E-state index contributed by atoms with van der Waals surface area (Å²) in [6.45, 7) is 6.72. The number of nitrogens with zero attached hydrogens (tertiary/aromatic N) is 3. The molecule has 3 rings (SSSR count). The molecule has 1 saturated heterocycles. The third-order valence-electron chi connectivity index (χ3n) is 7.47. The molecule has 2 N–H and O–H groups in total. The summed E-state index contributed by atoms with van der Waals surface area (Å²) in [5, 5.41) is 13.8. The predicted octanol–water partition coefficient (Wildman–Crippen LogP) is 3.84. The van der Waals surface area contributed by atoms with Gasteiger partial charge in [-0.3, -0.25) is 19.1 Å². The molecule has 0 radical (unpaired) electrons. The van der Waals surface area contributed by atoms with Gasteiger partial charge < -0.3 is 24.8 Å². The van der Waals surface area contributed by atoms with Crippen molar-refractivity contribution in [1.29, 1.82) is 0 Å². The van der Waals surface area contributed by atoms with Crippen molar-refractivity contribution in [2.24, 2.45) is 11.8 Å². The average molecular weight is 624 g/mol. The number of carbonyl (C=O) groups excluding carboxylic acids is 4. The molecule has 1 aromatic heterocycles. The Labute approximate surface area is 264 Å². The van der Waals surface area contributed by atoms with E-state index in [4.69, 9.17) is 20.6 Å². The lowest BCUT2D eigenvalue weighted by Gasteiger charge is -2.37. The number of esters is 2. The Hall–Kier alpha value is -4.40. The van der Waals surface area contributed by atoms with Gasteiger partial charge in [0.25, 0.3) is 0 Å². The van der Waals surface area contributed by atoms with Crippen LogP contribution in [0.5, 0.6) is 5.75 Å². The van der Waals surface area contributed by atoms with Gasteiger partial charge in [-0.2, -0.15) is 0 Å². The number of terminal acetylenes is 1. The molecule has 2 aromatic rings. The van der Waals surface area contributed by atoms with Crippen LogP contribution in [-0.4, -0.2) is 64.1 Å². The molecule has 12 heteroatoms. The van der Waals surface area contributed by atoms with E-state index in [-0.39, 0.29) is 36.2 Å². The number of amides is 2. The zero-order valence-corrected chi connectivity index (χ0v) is 26.4. The first kappa shape index (κ1) is 35.1. The summed E-state index contributed by atoms with van der Waals surface area (Å²) in [4.78, 5) is 48.8. The highest BCUT2D eigenvalue weighted by Gasteiger charge is 2.43. The van der Waals surface area contributed by atoms with Crippen molar-refractivity contribution in [2.45, 2.75) is 103 Å². The molecule has 1 aliphatic heterocycles. The quantitative estimate of drug-likeness (QED) is 0.0915. The van der Waals surface area contributed by atoms with Gasteiger partial charge in [0.1, 0.15) is 24.0 Å². The highest BCUT2D eigenvalue weighted by atomic mass is 16.6. The minimum Gasteiger partial charge on any atom is -0.494 e. The zero-order chi connectivity index (χ0) is 32.6. The SMILES string of the molecule is C#CCCCC[C@@H]1C(=O)O[C@H]1C[C@H](CCc1cn(CCC(=O)Nc2ccc(OCC)cc2)nn1)OC(=O)[C@H](CC(C)C)NC=O. The lowest BCUT2D eigenvalue weighted by Crippen LogP contribution is -2.48. The maximum atomic E-state index is 13.1. The molecule has 0 aliphatic carbocycles. The fourth-order valence-corrected chi connectivity index (χ4v) is 5.13. The van der Waals surface area contributed by atoms with E-state index in [2.05, 4.69) is 26.9 Å². The number of unbranched alkanes of at least 4 members (excludes halogenated alkanes) is 2. The Balaban J connectivity index is 1.56. The van der Waals surface area contributed by atoms with Gasteiger partial charge in [0, 0.05) is 31.1 Å². The minimum absolute atomic E-state index is 0.159. The number of rotatable bonds is 21. The van der Waals surface area contributed by atoms with Crippen molar-refractivity contribution in [1.82, 2.24) is 20.3 Å². The summed E-state index contributed by atoms with van der Waals surface area (Å²) in [6.07, 6.45) is 11.4. The lowest BCUT2D eigenvalue weighted by molar-refractivity contribution is -0.190. The number of aromatic nitrogens is 3. The largest absolute Gasteiger partial charge is 0.494 e. The number of hydrogen-bond acceptors (Lipinski definition) is 9. The molecule has 1 aromatic carbocycles. The smallest absolute Gasteiger partial charge is 0.328 e. The van der Waals surface area contributed by atoms with Crippen LogP contribution in [-0.2, 0) is 41.6 Å². The number of cyclic esters (lactones) is 1. The van der Waals surface area contributed by atoms with Gasteiger partial charge in [-0.1, -0.05) is 25.5 Å². The summed E-state index contributed by atoms with van der Waals surface area (Å²) in [5.74, 6) is 2.30. The molecule has 0 spiro atoms. The monoisotopic (exact) mass is 623 g/mol. The molecule has 1 fully saturated rings. The molecule has 0 saturated carbocycles. The normalized spacial score (nSPS) is 16.9. The Kier molecular flexibility index (Phi) is 14.4. The first-order chi connectivity index (χ1) is 21.7. The van der Waals surface area contributed by atoms with Crippen molar-refractivity contribution >= 4 is 29.9 Å². The van der Waals surface area contributed by atoms with E-state index in [1.807, 2.05) is 20.8 Å². The van der Waals surface area contributed by atoms with E-state index in [0.29, 0.717) is 69.5 Å². The third-order valence-corrected chi connectivity index (χ3v) is 7.47. The molecule has 244 valence electrons. The van der Waals surface area contributed by atoms with E-state index in [9.17, 15) is 19.2 Å². The number of aryl methyl sites for hydroxylation is 2. The van der Waals surface area contributed by atoms with Crippen molar-refractivity contribution in [3.63, 3.8) is 0 Å². The summed E-state index contributed by atoms with van der Waals surface area (Å²) in [5.41, 5.74) is 1.35. The van der Waals surface area contributed by atoms with Crippen LogP contribution < -0.4 is 15.4 Å². The third kappa shape index (κ3) is 11.9. The zero-order valence-electron chi connectivity index (χ0n) is 26.4. The van der Waals surface area contributed by atoms with Gasteiger partial charge in [-0.05, 0) is 69.2 Å². The highest BCUT2D eigenvalue weighted by molar-refractivity contribution is 5.90. The first-order valence-corrected chi connectivity index (χ1v) is 15.7. The van der Waals surface area contributed by atoms with Gasteiger partial charge in [-0.25, -0.2) is 4.79 Å². The van der Waals surface area contributed by atoms with E-state index >= 15 is 0 Å². The van der Waals surface area contributed by atoms with E-state index in [0.717, 1.165) is 18.6 Å². The fraction of sp³-hybridized carbons (Fsp3) is 0.576. The molecular weight excluding hydrogens is 578 g/mol. The van der Waals surface area contributed by atoms with Crippen LogP contribution in [0.25, 0.3) is 0 Å². The van der Waals surface area contributed by atoms with Crippen LogP contribution in [0.3, 0.4) is 0 Å². The van der Waals surface area contributed by atoms with Crippen LogP contribution in [0, 0.1) is 24.2 Å². The van der Waals surface area contributed by atoms with Gasteiger partial charge in [0.2, 0.25) is 12.3 Å². The van der Waals surface area contributed by atoms with Crippen LogP contribution in [0.15, 0.2) is 30.5 Å². The molecule has 2 heterocycles. The van der Waals surface area contributed by atoms with Crippen molar-refractivity contribution in [3.05, 3.63) is 36.2 Å². The Morgan fingerprint density at radius 1 is 1.22 bits per heavy atom. The van der Waals surface area contributed by atoms with Crippen molar-refractivity contribution < 1.29 is 33.4 Å². The second-order valence-corrected chi connectivity index (χ2v) is 11.6. The number of ether oxygens (including phenoxy) is 3. The van der Waals surface area contributed by atoms with Crippen molar-refractivity contribution in [2.75, 3.05) is 11.9 Å². The maximum Gasteiger partial charge on any atom is 0.328 e. The van der Waals surface area contributed by atoms with E-state index in [1.54, 1.807) is 35.1 Å². The van der Waals surface area contributed by atoms with Crippen LogP contribution >= 0.6 is 0 Å². The Morgan fingerprint density at radius 3 is 2.67 bits per heavy atom. The fourth-order valence-electron chi connectivity index (χ4n) is 5.13. The molecule has 4 atom stereocenters.